The first-order valence-corrected chi connectivity index (χ1v) is 11.8. The maximum atomic E-state index is 12.7. The summed E-state index contributed by atoms with van der Waals surface area (Å²) < 4.78 is 7.13. The number of morpholine rings is 1. The van der Waals surface area contributed by atoms with Gasteiger partial charge in [0.05, 0.1) is 18.9 Å². The predicted molar refractivity (Wildman–Crippen MR) is 135 cm³/mol. The van der Waals surface area contributed by atoms with Gasteiger partial charge < -0.3 is 25.0 Å². The molecular formula is C25H28N8O3. The summed E-state index contributed by atoms with van der Waals surface area (Å²) in [6, 6.07) is 14.0. The van der Waals surface area contributed by atoms with Gasteiger partial charge in [-0.2, -0.15) is 4.68 Å². The lowest BCUT2D eigenvalue weighted by Crippen LogP contribution is -2.37. The third kappa shape index (κ3) is 4.97. The minimum Gasteiger partial charge on any atom is -0.508 e. The van der Waals surface area contributed by atoms with Crippen LogP contribution in [0.4, 0.5) is 5.82 Å². The number of rotatable bonds is 7. The molecule has 5 rings (SSSR count). The fraction of sp³-hybridized carbons (Fsp3) is 0.320. The second kappa shape index (κ2) is 10.3. The lowest BCUT2D eigenvalue weighted by atomic mass is 10.2. The van der Waals surface area contributed by atoms with E-state index in [4.69, 9.17) is 14.7 Å². The lowest BCUT2D eigenvalue weighted by molar-refractivity contribution is 0.0951. The average Bonchev–Trinajstić information content (AvgIpc) is 3.32. The quantitative estimate of drug-likeness (QED) is 0.400. The first-order chi connectivity index (χ1) is 17.5. The molecule has 2 aromatic carbocycles. The van der Waals surface area contributed by atoms with Crippen molar-refractivity contribution in [2.24, 2.45) is 0 Å². The van der Waals surface area contributed by atoms with E-state index in [9.17, 15) is 9.90 Å². The summed E-state index contributed by atoms with van der Waals surface area (Å²) in [6.45, 7) is 3.81. The van der Waals surface area contributed by atoms with Crippen LogP contribution in [0.1, 0.15) is 10.4 Å². The van der Waals surface area contributed by atoms with Crippen LogP contribution in [0.15, 0.2) is 48.5 Å². The Labute approximate surface area is 208 Å². The number of phenols is 1. The number of carbonyl (C=O) groups is 1. The summed E-state index contributed by atoms with van der Waals surface area (Å²) in [4.78, 5) is 26.4. The molecule has 3 heterocycles. The molecule has 0 atom stereocenters. The first kappa shape index (κ1) is 23.6. The number of aromatic hydroxyl groups is 1. The Morgan fingerprint density at radius 2 is 1.92 bits per heavy atom. The molecule has 1 fully saturated rings. The fourth-order valence-electron chi connectivity index (χ4n) is 4.02. The number of nitrogens with zero attached hydrogens (tertiary/aromatic N) is 7. The van der Waals surface area contributed by atoms with E-state index in [2.05, 4.69) is 20.5 Å². The number of ether oxygens (including phenoxy) is 1. The van der Waals surface area contributed by atoms with Crippen LogP contribution in [0, 0.1) is 0 Å². The minimum atomic E-state index is -0.160. The number of likely N-dealkylation sites (N-methyl/N-ethyl adjacent to an activating group) is 1. The Morgan fingerprint density at radius 1 is 1.11 bits per heavy atom. The highest BCUT2D eigenvalue weighted by Crippen LogP contribution is 2.29. The molecule has 1 amide bonds. The number of nitrogens with one attached hydrogen (secondary N) is 1. The lowest BCUT2D eigenvalue weighted by Gasteiger charge is -2.28. The third-order valence-electron chi connectivity index (χ3n) is 5.89. The van der Waals surface area contributed by atoms with Crippen molar-refractivity contribution in [3.8, 4) is 22.8 Å². The van der Waals surface area contributed by atoms with Gasteiger partial charge in [0.2, 0.25) is 0 Å². The average molecular weight is 489 g/mol. The third-order valence-corrected chi connectivity index (χ3v) is 5.89. The van der Waals surface area contributed by atoms with E-state index < -0.39 is 0 Å². The Kier molecular flexibility index (Phi) is 6.74. The highest BCUT2D eigenvalue weighted by Gasteiger charge is 2.23. The van der Waals surface area contributed by atoms with Crippen molar-refractivity contribution in [1.29, 1.82) is 0 Å². The number of anilines is 1. The monoisotopic (exact) mass is 488 g/mol. The highest BCUT2D eigenvalue weighted by atomic mass is 16.5. The van der Waals surface area contributed by atoms with E-state index in [0.717, 1.165) is 6.54 Å². The molecule has 11 heteroatoms. The first-order valence-electron chi connectivity index (χ1n) is 11.8. The zero-order chi connectivity index (χ0) is 25.1. The second-order valence-corrected chi connectivity index (χ2v) is 8.80. The largest absolute Gasteiger partial charge is 0.508 e. The predicted octanol–water partition coefficient (Wildman–Crippen LogP) is 1.71. The zero-order valence-corrected chi connectivity index (χ0v) is 20.3. The number of benzene rings is 2. The van der Waals surface area contributed by atoms with Crippen LogP contribution in [0.5, 0.6) is 5.75 Å². The maximum absolute atomic E-state index is 12.7. The van der Waals surface area contributed by atoms with Crippen molar-refractivity contribution in [1.82, 2.24) is 35.2 Å². The van der Waals surface area contributed by atoms with Gasteiger partial charge >= 0.3 is 0 Å². The normalized spacial score (nSPS) is 13.9. The van der Waals surface area contributed by atoms with Gasteiger partial charge in [-0.1, -0.05) is 23.4 Å². The molecule has 0 bridgehead atoms. The molecule has 1 aliphatic rings. The van der Waals surface area contributed by atoms with E-state index in [1.807, 2.05) is 37.2 Å². The smallest absolute Gasteiger partial charge is 0.251 e. The van der Waals surface area contributed by atoms with E-state index in [-0.39, 0.29) is 11.7 Å². The number of hydrogen-bond acceptors (Lipinski definition) is 9. The summed E-state index contributed by atoms with van der Waals surface area (Å²) in [5, 5.41) is 21.7. The van der Waals surface area contributed by atoms with Crippen molar-refractivity contribution in [2.75, 3.05) is 58.4 Å². The van der Waals surface area contributed by atoms with Gasteiger partial charge in [0, 0.05) is 37.3 Å². The van der Waals surface area contributed by atoms with E-state index in [1.54, 1.807) is 35.0 Å². The molecule has 0 radical (unpaired) electrons. The van der Waals surface area contributed by atoms with Crippen LogP contribution >= 0.6 is 0 Å². The molecule has 36 heavy (non-hydrogen) atoms. The summed E-state index contributed by atoms with van der Waals surface area (Å²) in [5.41, 5.74) is 2.92. The molecule has 186 valence electrons. The van der Waals surface area contributed by atoms with Crippen LogP contribution < -0.4 is 10.2 Å². The molecule has 2 N–H and O–H groups in total. The zero-order valence-electron chi connectivity index (χ0n) is 20.3. The molecule has 0 spiro atoms. The van der Waals surface area contributed by atoms with Crippen LogP contribution in [0.25, 0.3) is 28.2 Å². The highest BCUT2D eigenvalue weighted by molar-refractivity contribution is 5.95. The number of amides is 1. The maximum Gasteiger partial charge on any atom is 0.251 e. The summed E-state index contributed by atoms with van der Waals surface area (Å²) in [5.74, 6) is 1.07. The van der Waals surface area contributed by atoms with Crippen LogP contribution in [-0.2, 0) is 4.74 Å². The van der Waals surface area contributed by atoms with Crippen molar-refractivity contribution in [2.45, 2.75) is 0 Å². The van der Waals surface area contributed by atoms with E-state index in [0.29, 0.717) is 72.5 Å². The molecule has 0 saturated carbocycles. The van der Waals surface area contributed by atoms with Crippen LogP contribution in [-0.4, -0.2) is 94.4 Å². The molecule has 4 aromatic rings. The van der Waals surface area contributed by atoms with Gasteiger partial charge in [0.15, 0.2) is 22.8 Å². The second-order valence-electron chi connectivity index (χ2n) is 8.80. The number of aromatic nitrogens is 5. The van der Waals surface area contributed by atoms with Gasteiger partial charge in [0.25, 0.3) is 5.91 Å². The Bertz CT molecular complexity index is 1380. The van der Waals surface area contributed by atoms with Crippen molar-refractivity contribution in [3.05, 3.63) is 54.1 Å². The van der Waals surface area contributed by atoms with Gasteiger partial charge in [-0.15, -0.1) is 5.10 Å². The molecule has 0 unspecified atom stereocenters. The fourth-order valence-corrected chi connectivity index (χ4v) is 4.02. The number of fused-ring (bicyclic) bond motifs is 1. The summed E-state index contributed by atoms with van der Waals surface area (Å²) >= 11 is 0. The number of hydrogen-bond donors (Lipinski definition) is 2. The van der Waals surface area contributed by atoms with Gasteiger partial charge in [0.1, 0.15) is 5.75 Å². The van der Waals surface area contributed by atoms with Crippen LogP contribution in [0.3, 0.4) is 0 Å². The van der Waals surface area contributed by atoms with Crippen molar-refractivity contribution < 1.29 is 14.6 Å². The van der Waals surface area contributed by atoms with Crippen molar-refractivity contribution >= 4 is 22.9 Å². The number of phenolic OH excluding ortho intramolecular Hbond substituents is 1. The topological polar surface area (TPSA) is 122 Å². The standard InChI is InChI=1S/C25H28N8O3/c1-31(2)10-9-26-25(35)18-6-3-7-19(15-18)33-24-21(29-30-33)23(32-11-13-36-14-12-32)27-22(28-24)17-5-4-8-20(34)16-17/h3-8,15-16,34H,9-14H2,1-2H3,(H,26,35). The molecule has 1 aliphatic heterocycles. The Balaban J connectivity index is 1.57. The molecule has 11 nitrogen and oxygen atoms in total. The Morgan fingerprint density at radius 3 is 2.69 bits per heavy atom. The number of carbonyl (C=O) groups excluding carboxylic acids is 1. The van der Waals surface area contributed by atoms with Gasteiger partial charge in [-0.25, -0.2) is 9.97 Å². The van der Waals surface area contributed by atoms with E-state index >= 15 is 0 Å². The molecule has 0 aliphatic carbocycles. The summed E-state index contributed by atoms with van der Waals surface area (Å²) in [6.07, 6.45) is 0. The Hall–Kier alpha value is -4.09. The minimum absolute atomic E-state index is 0.128. The molecular weight excluding hydrogens is 460 g/mol. The van der Waals surface area contributed by atoms with Crippen molar-refractivity contribution in [3.63, 3.8) is 0 Å². The molecule has 2 aromatic heterocycles. The SMILES string of the molecule is CN(C)CCNC(=O)c1cccc(-n2nnc3c(N4CCOCC4)nc(-c4cccc(O)c4)nc32)c1. The van der Waals surface area contributed by atoms with Gasteiger partial charge in [-0.3, -0.25) is 4.79 Å². The van der Waals surface area contributed by atoms with E-state index in [1.165, 1.54) is 0 Å². The van der Waals surface area contributed by atoms with Crippen LogP contribution in [0.2, 0.25) is 0 Å². The summed E-state index contributed by atoms with van der Waals surface area (Å²) in [7, 11) is 3.92. The molecule has 1 saturated heterocycles. The van der Waals surface area contributed by atoms with Gasteiger partial charge in [-0.05, 0) is 44.4 Å².